The first-order valence-corrected chi connectivity index (χ1v) is 8.23. The van der Waals surface area contributed by atoms with Crippen molar-refractivity contribution in [2.75, 3.05) is 18.4 Å². The summed E-state index contributed by atoms with van der Waals surface area (Å²) in [6.07, 6.45) is 0.473. The average molecular weight is 322 g/mol. The molecule has 4 heteroatoms. The zero-order chi connectivity index (χ0) is 17.1. The van der Waals surface area contributed by atoms with Crippen LogP contribution in [0.4, 0.5) is 5.69 Å². The monoisotopic (exact) mass is 322 g/mol. The normalized spacial score (nSPS) is 17.2. The second kappa shape index (κ2) is 6.87. The lowest BCUT2D eigenvalue weighted by Crippen LogP contribution is -2.34. The molecule has 1 N–H and O–H groups in total. The highest BCUT2D eigenvalue weighted by atomic mass is 16.2. The molecule has 24 heavy (non-hydrogen) atoms. The largest absolute Gasteiger partial charge is 0.333 e. The van der Waals surface area contributed by atoms with E-state index in [2.05, 4.69) is 5.32 Å². The zero-order valence-electron chi connectivity index (χ0n) is 14.1. The molecule has 0 aromatic heterocycles. The maximum atomic E-state index is 12.3. The van der Waals surface area contributed by atoms with Gasteiger partial charge in [-0.3, -0.25) is 9.59 Å². The molecule has 0 saturated carbocycles. The molecule has 2 aromatic rings. The predicted molar refractivity (Wildman–Crippen MR) is 94.9 cm³/mol. The van der Waals surface area contributed by atoms with Crippen molar-refractivity contribution >= 4 is 17.5 Å². The van der Waals surface area contributed by atoms with E-state index in [1.54, 1.807) is 4.90 Å². The zero-order valence-corrected chi connectivity index (χ0v) is 14.1. The van der Waals surface area contributed by atoms with Crippen molar-refractivity contribution in [2.45, 2.75) is 26.2 Å². The number of hydrogen-bond acceptors (Lipinski definition) is 2. The second-order valence-corrected chi connectivity index (χ2v) is 6.45. The molecule has 2 amide bonds. The highest BCUT2D eigenvalue weighted by Crippen LogP contribution is 2.27. The van der Waals surface area contributed by atoms with Gasteiger partial charge < -0.3 is 10.2 Å². The Labute approximate surface area is 142 Å². The molecule has 1 heterocycles. The van der Waals surface area contributed by atoms with E-state index in [1.165, 1.54) is 0 Å². The summed E-state index contributed by atoms with van der Waals surface area (Å²) >= 11 is 0. The third-order valence-electron chi connectivity index (χ3n) is 4.49. The van der Waals surface area contributed by atoms with Crippen LogP contribution in [0.5, 0.6) is 0 Å². The molecule has 1 aliphatic rings. The summed E-state index contributed by atoms with van der Waals surface area (Å²) in [4.78, 5) is 26.2. The van der Waals surface area contributed by atoms with Crippen molar-refractivity contribution in [1.29, 1.82) is 0 Å². The van der Waals surface area contributed by atoms with E-state index >= 15 is 0 Å². The van der Waals surface area contributed by atoms with Gasteiger partial charge in [-0.2, -0.15) is 0 Å². The quantitative estimate of drug-likeness (QED) is 0.939. The third kappa shape index (κ3) is 3.65. The number of anilines is 1. The molecule has 124 valence electrons. The van der Waals surface area contributed by atoms with E-state index in [1.807, 2.05) is 62.4 Å². The summed E-state index contributed by atoms with van der Waals surface area (Å²) in [6, 6.07) is 16.0. The molecule has 2 aromatic carbocycles. The summed E-state index contributed by atoms with van der Waals surface area (Å²) in [5, 5.41) is 2.92. The number of nitrogens with one attached hydrogen (secondary N) is 1. The minimum absolute atomic E-state index is 0.0416. The highest BCUT2D eigenvalue weighted by molar-refractivity contribution is 5.95. The molecular formula is C20H22N2O2. The minimum Gasteiger partial charge on any atom is -0.333 e. The molecule has 1 fully saturated rings. The van der Waals surface area contributed by atoms with Gasteiger partial charge in [-0.15, -0.1) is 0 Å². The van der Waals surface area contributed by atoms with Crippen LogP contribution >= 0.6 is 0 Å². The van der Waals surface area contributed by atoms with E-state index in [-0.39, 0.29) is 24.3 Å². The van der Waals surface area contributed by atoms with Gasteiger partial charge in [0.15, 0.2) is 0 Å². The molecule has 0 radical (unpaired) electrons. The third-order valence-corrected chi connectivity index (χ3v) is 4.49. The van der Waals surface area contributed by atoms with Crippen LogP contribution < -0.4 is 5.32 Å². The van der Waals surface area contributed by atoms with Gasteiger partial charge in [0.1, 0.15) is 0 Å². The lowest BCUT2D eigenvalue weighted by Gasteiger charge is -2.17. The Morgan fingerprint density at radius 1 is 1.17 bits per heavy atom. The fourth-order valence-corrected chi connectivity index (χ4v) is 3.11. The molecule has 0 bridgehead atoms. The van der Waals surface area contributed by atoms with Crippen LogP contribution in [0.1, 0.15) is 29.0 Å². The summed E-state index contributed by atoms with van der Waals surface area (Å²) in [7, 11) is 0. The van der Waals surface area contributed by atoms with Crippen LogP contribution in [0.2, 0.25) is 0 Å². The van der Waals surface area contributed by atoms with Crippen LogP contribution in [0.15, 0.2) is 48.5 Å². The molecule has 0 spiro atoms. The topological polar surface area (TPSA) is 49.4 Å². The predicted octanol–water partition coefficient (Wildman–Crippen LogP) is 3.26. The number of aryl methyl sites for hydroxylation is 2. The number of rotatable bonds is 4. The molecule has 1 saturated heterocycles. The van der Waals surface area contributed by atoms with Crippen LogP contribution in [0, 0.1) is 13.8 Å². The van der Waals surface area contributed by atoms with Crippen molar-refractivity contribution in [2.24, 2.45) is 0 Å². The van der Waals surface area contributed by atoms with Crippen molar-refractivity contribution in [3.05, 3.63) is 65.2 Å². The summed E-state index contributed by atoms with van der Waals surface area (Å²) < 4.78 is 0. The fourth-order valence-electron chi connectivity index (χ4n) is 3.11. The molecule has 0 aliphatic carbocycles. The highest BCUT2D eigenvalue weighted by Gasteiger charge is 2.31. The maximum Gasteiger partial charge on any atom is 0.244 e. The van der Waals surface area contributed by atoms with Crippen molar-refractivity contribution in [1.82, 2.24) is 4.90 Å². The second-order valence-electron chi connectivity index (χ2n) is 6.45. The maximum absolute atomic E-state index is 12.3. The van der Waals surface area contributed by atoms with Crippen molar-refractivity contribution < 1.29 is 9.59 Å². The fraction of sp³-hybridized carbons (Fsp3) is 0.300. The Morgan fingerprint density at radius 3 is 2.67 bits per heavy atom. The number of nitrogens with zero attached hydrogens (tertiary/aromatic N) is 1. The number of carbonyl (C=O) groups is 2. The molecule has 4 nitrogen and oxygen atoms in total. The number of amides is 2. The average Bonchev–Trinajstić information content (AvgIpc) is 2.92. The molecule has 1 aliphatic heterocycles. The Hall–Kier alpha value is -2.62. The summed E-state index contributed by atoms with van der Waals surface area (Å²) in [6.45, 7) is 4.66. The summed E-state index contributed by atoms with van der Waals surface area (Å²) in [5.41, 5.74) is 4.08. The summed E-state index contributed by atoms with van der Waals surface area (Å²) in [5.74, 6) is 0.0675. The van der Waals surface area contributed by atoms with Gasteiger partial charge in [-0.25, -0.2) is 0 Å². The molecule has 3 rings (SSSR count). The van der Waals surface area contributed by atoms with Gasteiger partial charge in [0, 0.05) is 24.6 Å². The Balaban J connectivity index is 1.62. The van der Waals surface area contributed by atoms with Gasteiger partial charge in [0.25, 0.3) is 0 Å². The molecular weight excluding hydrogens is 300 g/mol. The van der Waals surface area contributed by atoms with Crippen molar-refractivity contribution in [3.8, 4) is 0 Å². The van der Waals surface area contributed by atoms with Gasteiger partial charge in [-0.05, 0) is 36.6 Å². The van der Waals surface area contributed by atoms with E-state index < -0.39 is 0 Å². The van der Waals surface area contributed by atoms with Gasteiger partial charge in [-0.1, -0.05) is 42.5 Å². The number of benzene rings is 2. The van der Waals surface area contributed by atoms with Crippen molar-refractivity contribution in [3.63, 3.8) is 0 Å². The first kappa shape index (κ1) is 16.2. The lowest BCUT2D eigenvalue weighted by atomic mass is 9.99. The van der Waals surface area contributed by atoms with Gasteiger partial charge >= 0.3 is 0 Å². The smallest absolute Gasteiger partial charge is 0.244 e. The first-order chi connectivity index (χ1) is 11.5. The van der Waals surface area contributed by atoms with E-state index in [9.17, 15) is 9.59 Å². The Bertz CT molecular complexity index is 755. The number of carbonyl (C=O) groups excluding carboxylic acids is 2. The van der Waals surface area contributed by atoms with Gasteiger partial charge in [0.05, 0.1) is 6.54 Å². The standard InChI is InChI=1S/C20H22N2O2/c1-14-8-9-15(2)18(10-14)21-19(23)13-22-12-17(11-20(22)24)16-6-4-3-5-7-16/h3-10,17H,11-13H2,1-2H3,(H,21,23). The van der Waals surface area contributed by atoms with Gasteiger partial charge in [0.2, 0.25) is 11.8 Å². The van der Waals surface area contributed by atoms with Crippen LogP contribution in [-0.2, 0) is 9.59 Å². The van der Waals surface area contributed by atoms with E-state index in [0.29, 0.717) is 13.0 Å². The van der Waals surface area contributed by atoms with Crippen LogP contribution in [0.25, 0.3) is 0 Å². The molecule has 1 atom stereocenters. The lowest BCUT2D eigenvalue weighted by molar-refractivity contribution is -0.131. The Kier molecular flexibility index (Phi) is 4.65. The minimum atomic E-state index is -0.147. The Morgan fingerprint density at radius 2 is 1.92 bits per heavy atom. The SMILES string of the molecule is Cc1ccc(C)c(NC(=O)CN2CC(c3ccccc3)CC2=O)c1. The number of likely N-dealkylation sites (tertiary alicyclic amines) is 1. The van der Waals surface area contributed by atoms with E-state index in [0.717, 1.165) is 22.4 Å². The van der Waals surface area contributed by atoms with Crippen LogP contribution in [0.3, 0.4) is 0 Å². The molecule has 1 unspecified atom stereocenters. The van der Waals surface area contributed by atoms with E-state index in [4.69, 9.17) is 0 Å². The number of hydrogen-bond donors (Lipinski definition) is 1. The first-order valence-electron chi connectivity index (χ1n) is 8.23. The van der Waals surface area contributed by atoms with Crippen LogP contribution in [-0.4, -0.2) is 29.8 Å².